The van der Waals surface area contributed by atoms with Crippen molar-refractivity contribution in [3.63, 3.8) is 0 Å². The van der Waals surface area contributed by atoms with Crippen LogP contribution in [0.5, 0.6) is 0 Å². The molecule has 0 fully saturated rings. The predicted molar refractivity (Wildman–Crippen MR) is 85.9 cm³/mol. The lowest BCUT2D eigenvalue weighted by molar-refractivity contribution is 0.233. The van der Waals surface area contributed by atoms with E-state index in [4.69, 9.17) is 0 Å². The average Bonchev–Trinajstić information content (AvgIpc) is 3.18. The first-order chi connectivity index (χ1) is 11.2. The number of urea groups is 1. The van der Waals surface area contributed by atoms with Crippen LogP contribution >= 0.6 is 0 Å². The minimum Gasteiger partial charge on any atom is -0.331 e. The fourth-order valence-corrected chi connectivity index (χ4v) is 4.01. The molecular formula is C17H21N5O. The van der Waals surface area contributed by atoms with E-state index in [1.165, 1.54) is 42.3 Å². The van der Waals surface area contributed by atoms with Crippen LogP contribution in [0.2, 0.25) is 0 Å². The SMILES string of the molecule is C[C@H](NC(=O)N[C@@H]1C[C@@H]2CCCc3cccc1c32)c1ncn[nH]1. The minimum absolute atomic E-state index is 0.106. The third-order valence-corrected chi connectivity index (χ3v) is 5.03. The number of aromatic nitrogens is 3. The molecule has 0 radical (unpaired) electrons. The zero-order chi connectivity index (χ0) is 15.8. The molecule has 2 aliphatic rings. The van der Waals surface area contributed by atoms with Crippen molar-refractivity contribution in [1.82, 2.24) is 25.8 Å². The first-order valence-electron chi connectivity index (χ1n) is 8.26. The Morgan fingerprint density at radius 2 is 2.35 bits per heavy atom. The molecule has 0 spiro atoms. The van der Waals surface area contributed by atoms with E-state index in [1.807, 2.05) is 6.92 Å². The summed E-state index contributed by atoms with van der Waals surface area (Å²) in [5, 5.41) is 12.6. The second kappa shape index (κ2) is 5.68. The number of benzene rings is 1. The second-order valence-corrected chi connectivity index (χ2v) is 6.51. The molecule has 4 rings (SSSR count). The third-order valence-electron chi connectivity index (χ3n) is 5.03. The molecule has 1 heterocycles. The predicted octanol–water partition coefficient (Wildman–Crippen LogP) is 2.73. The van der Waals surface area contributed by atoms with Gasteiger partial charge in [0.1, 0.15) is 12.2 Å². The number of carbonyl (C=O) groups excluding carboxylic acids is 1. The number of rotatable bonds is 3. The van der Waals surface area contributed by atoms with Crippen molar-refractivity contribution in [3.05, 3.63) is 47.0 Å². The standard InChI is InChI=1S/C17H21N5O/c1-10(16-18-9-19-22-16)20-17(23)21-14-8-12-6-2-4-11-5-3-7-13(14)15(11)12/h3,5,7,9-10,12,14H,2,4,6,8H2,1H3,(H,18,19,22)(H2,20,21,23)/t10-,12-,14+/m0/s1. The molecule has 0 aliphatic heterocycles. The quantitative estimate of drug-likeness (QED) is 0.815. The van der Waals surface area contributed by atoms with Crippen LogP contribution in [0.3, 0.4) is 0 Å². The number of carbonyl (C=O) groups is 1. The van der Waals surface area contributed by atoms with E-state index in [9.17, 15) is 4.79 Å². The van der Waals surface area contributed by atoms with E-state index in [1.54, 1.807) is 0 Å². The summed E-state index contributed by atoms with van der Waals surface area (Å²) in [5.41, 5.74) is 4.26. The Balaban J connectivity index is 1.46. The van der Waals surface area contributed by atoms with Gasteiger partial charge in [-0.15, -0.1) is 0 Å². The highest BCUT2D eigenvalue weighted by atomic mass is 16.2. The van der Waals surface area contributed by atoms with Gasteiger partial charge in [0.15, 0.2) is 0 Å². The van der Waals surface area contributed by atoms with Gasteiger partial charge >= 0.3 is 6.03 Å². The van der Waals surface area contributed by atoms with E-state index in [0.29, 0.717) is 11.7 Å². The number of nitrogens with zero attached hydrogens (tertiary/aromatic N) is 2. The van der Waals surface area contributed by atoms with Crippen LogP contribution < -0.4 is 10.6 Å². The number of aryl methyl sites for hydroxylation is 1. The van der Waals surface area contributed by atoms with Crippen LogP contribution in [0.15, 0.2) is 24.5 Å². The van der Waals surface area contributed by atoms with Crippen LogP contribution in [0, 0.1) is 0 Å². The molecule has 0 saturated heterocycles. The highest BCUT2D eigenvalue weighted by Crippen LogP contribution is 2.47. The summed E-state index contributed by atoms with van der Waals surface area (Å²) >= 11 is 0. The van der Waals surface area contributed by atoms with Crippen molar-refractivity contribution >= 4 is 6.03 Å². The van der Waals surface area contributed by atoms with Crippen LogP contribution in [-0.4, -0.2) is 21.2 Å². The van der Waals surface area contributed by atoms with Crippen LogP contribution in [0.4, 0.5) is 4.79 Å². The molecule has 0 unspecified atom stereocenters. The molecule has 2 aliphatic carbocycles. The molecule has 0 bridgehead atoms. The third kappa shape index (κ3) is 2.58. The van der Waals surface area contributed by atoms with Gasteiger partial charge in [0.25, 0.3) is 0 Å². The van der Waals surface area contributed by atoms with E-state index < -0.39 is 0 Å². The first-order valence-corrected chi connectivity index (χ1v) is 8.26. The first kappa shape index (κ1) is 14.2. The molecule has 1 aromatic heterocycles. The molecule has 2 aromatic rings. The largest absolute Gasteiger partial charge is 0.331 e. The van der Waals surface area contributed by atoms with Crippen molar-refractivity contribution in [2.24, 2.45) is 0 Å². The Kier molecular flexibility index (Phi) is 3.52. The van der Waals surface area contributed by atoms with Crippen LogP contribution in [0.1, 0.15) is 66.7 Å². The normalized spacial score (nSPS) is 23.2. The summed E-state index contributed by atoms with van der Waals surface area (Å²) in [6.45, 7) is 1.89. The Morgan fingerprint density at radius 3 is 3.17 bits per heavy atom. The van der Waals surface area contributed by atoms with E-state index in [2.05, 4.69) is 44.0 Å². The van der Waals surface area contributed by atoms with Crippen molar-refractivity contribution in [2.45, 2.75) is 50.6 Å². The summed E-state index contributed by atoms with van der Waals surface area (Å²) in [6.07, 6.45) is 6.11. The molecule has 1 aromatic carbocycles. The number of nitrogens with one attached hydrogen (secondary N) is 3. The average molecular weight is 311 g/mol. The van der Waals surface area contributed by atoms with Crippen LogP contribution in [-0.2, 0) is 6.42 Å². The highest BCUT2D eigenvalue weighted by Gasteiger charge is 2.35. The van der Waals surface area contributed by atoms with Gasteiger partial charge in [-0.2, -0.15) is 5.10 Å². The van der Waals surface area contributed by atoms with Gasteiger partial charge in [-0.25, -0.2) is 9.78 Å². The Bertz CT molecular complexity index is 712. The molecule has 120 valence electrons. The Labute approximate surface area is 135 Å². The van der Waals surface area contributed by atoms with E-state index in [0.717, 1.165) is 6.42 Å². The maximum Gasteiger partial charge on any atom is 0.315 e. The van der Waals surface area contributed by atoms with Gasteiger partial charge in [0, 0.05) is 0 Å². The van der Waals surface area contributed by atoms with Gasteiger partial charge in [0.2, 0.25) is 0 Å². The minimum atomic E-state index is -0.198. The number of hydrogen-bond acceptors (Lipinski definition) is 3. The molecule has 3 atom stereocenters. The van der Waals surface area contributed by atoms with Gasteiger partial charge in [-0.05, 0) is 55.2 Å². The van der Waals surface area contributed by atoms with Crippen molar-refractivity contribution in [1.29, 1.82) is 0 Å². The fraction of sp³-hybridized carbons (Fsp3) is 0.471. The lowest BCUT2D eigenvalue weighted by Gasteiger charge is -2.20. The lowest BCUT2D eigenvalue weighted by atomic mass is 9.84. The molecular weight excluding hydrogens is 290 g/mol. The van der Waals surface area contributed by atoms with Gasteiger partial charge in [-0.3, -0.25) is 5.10 Å². The van der Waals surface area contributed by atoms with Crippen molar-refractivity contribution < 1.29 is 4.79 Å². The number of amides is 2. The highest BCUT2D eigenvalue weighted by molar-refractivity contribution is 5.75. The Morgan fingerprint density at radius 1 is 1.43 bits per heavy atom. The Hall–Kier alpha value is -2.37. The van der Waals surface area contributed by atoms with Gasteiger partial charge < -0.3 is 10.6 Å². The van der Waals surface area contributed by atoms with E-state index >= 15 is 0 Å². The monoisotopic (exact) mass is 311 g/mol. The second-order valence-electron chi connectivity index (χ2n) is 6.51. The van der Waals surface area contributed by atoms with Gasteiger partial charge in [0.05, 0.1) is 12.1 Å². The number of aromatic amines is 1. The number of H-pyrrole nitrogens is 1. The van der Waals surface area contributed by atoms with Crippen LogP contribution in [0.25, 0.3) is 0 Å². The molecule has 2 amide bonds. The van der Waals surface area contributed by atoms with E-state index in [-0.39, 0.29) is 18.1 Å². The summed E-state index contributed by atoms with van der Waals surface area (Å²) in [7, 11) is 0. The summed E-state index contributed by atoms with van der Waals surface area (Å²) < 4.78 is 0. The zero-order valence-corrected chi connectivity index (χ0v) is 13.2. The summed E-state index contributed by atoms with van der Waals surface area (Å²) in [5.74, 6) is 1.26. The topological polar surface area (TPSA) is 82.7 Å². The number of hydrogen-bond donors (Lipinski definition) is 3. The summed E-state index contributed by atoms with van der Waals surface area (Å²) in [6, 6.07) is 6.27. The lowest BCUT2D eigenvalue weighted by Crippen LogP contribution is -2.39. The maximum absolute atomic E-state index is 12.3. The maximum atomic E-state index is 12.3. The molecule has 23 heavy (non-hydrogen) atoms. The molecule has 6 heteroatoms. The van der Waals surface area contributed by atoms with Crippen molar-refractivity contribution in [3.8, 4) is 0 Å². The van der Waals surface area contributed by atoms with Gasteiger partial charge in [-0.1, -0.05) is 18.2 Å². The fourth-order valence-electron chi connectivity index (χ4n) is 4.01. The smallest absolute Gasteiger partial charge is 0.315 e. The van der Waals surface area contributed by atoms with Crippen molar-refractivity contribution in [2.75, 3.05) is 0 Å². The zero-order valence-electron chi connectivity index (χ0n) is 13.2. The molecule has 0 saturated carbocycles. The molecule has 6 nitrogen and oxygen atoms in total. The summed E-state index contributed by atoms with van der Waals surface area (Å²) in [4.78, 5) is 16.4. The molecule has 3 N–H and O–H groups in total.